The van der Waals surface area contributed by atoms with Crippen LogP contribution in [0.4, 0.5) is 11.5 Å². The van der Waals surface area contributed by atoms with E-state index in [9.17, 15) is 14.9 Å². The Morgan fingerprint density at radius 2 is 2.06 bits per heavy atom. The molecule has 3 heterocycles. The lowest BCUT2D eigenvalue weighted by Crippen LogP contribution is -2.30. The number of thioether (sulfide) groups is 1. The fraction of sp³-hybridized carbons (Fsp3) is 0.400. The quantitative estimate of drug-likeness (QED) is 0.238. The number of carbonyl (C=O) groups excluding carboxylic acids is 1. The van der Waals surface area contributed by atoms with Gasteiger partial charge in [0.15, 0.2) is 10.8 Å². The third kappa shape index (κ3) is 4.63. The van der Waals surface area contributed by atoms with E-state index in [1.165, 1.54) is 36.4 Å². The summed E-state index contributed by atoms with van der Waals surface area (Å²) >= 11 is 7.39. The van der Waals surface area contributed by atoms with Crippen molar-refractivity contribution in [2.24, 2.45) is 0 Å². The average molecular weight is 476 g/mol. The van der Waals surface area contributed by atoms with Gasteiger partial charge in [0, 0.05) is 30.7 Å². The van der Waals surface area contributed by atoms with Crippen LogP contribution >= 0.6 is 23.4 Å². The summed E-state index contributed by atoms with van der Waals surface area (Å²) < 4.78 is 1.72. The summed E-state index contributed by atoms with van der Waals surface area (Å²) in [6, 6.07) is 3.90. The molecule has 2 aromatic heterocycles. The second kappa shape index (κ2) is 9.70. The van der Waals surface area contributed by atoms with Gasteiger partial charge in [0.25, 0.3) is 11.6 Å². The third-order valence-electron chi connectivity index (χ3n) is 5.30. The van der Waals surface area contributed by atoms with Crippen molar-refractivity contribution in [2.75, 3.05) is 30.8 Å². The van der Waals surface area contributed by atoms with Crippen molar-refractivity contribution in [1.82, 2.24) is 25.1 Å². The van der Waals surface area contributed by atoms with Gasteiger partial charge in [-0.3, -0.25) is 14.9 Å². The third-order valence-corrected chi connectivity index (χ3v) is 6.09. The Morgan fingerprint density at radius 1 is 1.28 bits per heavy atom. The fourth-order valence-corrected chi connectivity index (χ4v) is 4.27. The van der Waals surface area contributed by atoms with E-state index in [0.29, 0.717) is 17.3 Å². The number of anilines is 1. The van der Waals surface area contributed by atoms with Gasteiger partial charge in [-0.1, -0.05) is 23.4 Å². The molecule has 10 nitrogen and oxygen atoms in total. The molecule has 32 heavy (non-hydrogen) atoms. The van der Waals surface area contributed by atoms with Crippen molar-refractivity contribution >= 4 is 51.8 Å². The van der Waals surface area contributed by atoms with E-state index in [-0.39, 0.29) is 22.8 Å². The SMILES string of the molecule is CSc1nc(N2CCCCC2)c2cnn(CCNC(=O)c3cc(Cl)ccc3[N+](=O)[O-])c2n1. The minimum Gasteiger partial charge on any atom is -0.356 e. The largest absolute Gasteiger partial charge is 0.356 e. The number of amides is 1. The number of nitrogens with one attached hydrogen (secondary N) is 1. The number of nitrogens with zero attached hydrogens (tertiary/aromatic N) is 6. The first kappa shape index (κ1) is 22.3. The highest BCUT2D eigenvalue weighted by Gasteiger charge is 2.22. The average Bonchev–Trinajstić information content (AvgIpc) is 3.21. The van der Waals surface area contributed by atoms with Crippen LogP contribution in [0.15, 0.2) is 29.6 Å². The van der Waals surface area contributed by atoms with E-state index in [1.54, 1.807) is 10.9 Å². The van der Waals surface area contributed by atoms with Crippen molar-refractivity contribution in [1.29, 1.82) is 0 Å². The molecule has 3 aromatic rings. The summed E-state index contributed by atoms with van der Waals surface area (Å²) in [5, 5.41) is 20.2. The van der Waals surface area contributed by atoms with Gasteiger partial charge < -0.3 is 10.2 Å². The predicted octanol–water partition coefficient (Wildman–Crippen LogP) is 3.53. The molecule has 0 spiro atoms. The van der Waals surface area contributed by atoms with Crippen molar-refractivity contribution in [2.45, 2.75) is 31.0 Å². The molecule has 0 bridgehead atoms. The summed E-state index contributed by atoms with van der Waals surface area (Å²) in [6.45, 7) is 2.49. The maximum atomic E-state index is 12.5. The minimum absolute atomic E-state index is 0.0767. The molecule has 1 amide bonds. The van der Waals surface area contributed by atoms with Gasteiger partial charge in [-0.25, -0.2) is 14.6 Å². The van der Waals surface area contributed by atoms with E-state index in [1.807, 2.05) is 6.26 Å². The summed E-state index contributed by atoms with van der Waals surface area (Å²) in [7, 11) is 0. The Bertz CT molecular complexity index is 1160. The maximum Gasteiger partial charge on any atom is 0.282 e. The fourth-order valence-electron chi connectivity index (χ4n) is 3.74. The van der Waals surface area contributed by atoms with Crippen LogP contribution in [0.2, 0.25) is 5.02 Å². The lowest BCUT2D eigenvalue weighted by atomic mass is 10.1. The molecule has 12 heteroatoms. The monoisotopic (exact) mass is 475 g/mol. The Kier molecular flexibility index (Phi) is 6.75. The molecule has 1 aliphatic heterocycles. The molecular formula is C20H22ClN7O3S. The highest BCUT2D eigenvalue weighted by atomic mass is 35.5. The van der Waals surface area contributed by atoms with E-state index < -0.39 is 10.8 Å². The van der Waals surface area contributed by atoms with E-state index in [4.69, 9.17) is 16.6 Å². The summed E-state index contributed by atoms with van der Waals surface area (Å²) in [5.74, 6) is 0.327. The molecule has 0 atom stereocenters. The zero-order valence-electron chi connectivity index (χ0n) is 17.5. The second-order valence-corrected chi connectivity index (χ2v) is 8.57. The van der Waals surface area contributed by atoms with Crippen LogP contribution in [-0.2, 0) is 6.54 Å². The van der Waals surface area contributed by atoms with Crippen LogP contribution in [0.5, 0.6) is 0 Å². The number of hydrogen-bond acceptors (Lipinski definition) is 8. The number of benzene rings is 1. The molecule has 4 rings (SSSR count). The van der Waals surface area contributed by atoms with Gasteiger partial charge in [0.05, 0.1) is 23.1 Å². The highest BCUT2D eigenvalue weighted by Crippen LogP contribution is 2.28. The molecule has 0 saturated carbocycles. The van der Waals surface area contributed by atoms with Gasteiger partial charge in [-0.15, -0.1) is 0 Å². The van der Waals surface area contributed by atoms with Crippen LogP contribution in [0.25, 0.3) is 11.0 Å². The van der Waals surface area contributed by atoms with Crippen LogP contribution in [0.1, 0.15) is 29.6 Å². The zero-order chi connectivity index (χ0) is 22.7. The minimum atomic E-state index is -0.602. The molecule has 1 fully saturated rings. The number of carbonyl (C=O) groups is 1. The Balaban J connectivity index is 1.52. The maximum absolute atomic E-state index is 12.5. The van der Waals surface area contributed by atoms with Crippen LogP contribution in [-0.4, -0.2) is 56.5 Å². The number of piperidine rings is 1. The summed E-state index contributed by atoms with van der Waals surface area (Å²) in [5.41, 5.74) is 0.333. The van der Waals surface area contributed by atoms with Crippen molar-refractivity contribution in [3.63, 3.8) is 0 Å². The van der Waals surface area contributed by atoms with Crippen LogP contribution in [0.3, 0.4) is 0 Å². The second-order valence-electron chi connectivity index (χ2n) is 7.36. The van der Waals surface area contributed by atoms with Gasteiger partial charge in [0.1, 0.15) is 11.4 Å². The number of aromatic nitrogens is 4. The number of nitro benzene ring substituents is 1. The summed E-state index contributed by atoms with van der Waals surface area (Å²) in [4.78, 5) is 34.8. The summed E-state index contributed by atoms with van der Waals surface area (Å²) in [6.07, 6.45) is 7.18. The predicted molar refractivity (Wildman–Crippen MR) is 124 cm³/mol. The molecule has 0 radical (unpaired) electrons. The van der Waals surface area contributed by atoms with Crippen molar-refractivity contribution in [3.8, 4) is 0 Å². The smallest absolute Gasteiger partial charge is 0.282 e. The number of fused-ring (bicyclic) bond motifs is 1. The van der Waals surface area contributed by atoms with E-state index >= 15 is 0 Å². The van der Waals surface area contributed by atoms with Crippen molar-refractivity contribution < 1.29 is 9.72 Å². The normalized spacial score (nSPS) is 14.0. The molecule has 1 aromatic carbocycles. The number of halogens is 1. The van der Waals surface area contributed by atoms with Crippen LogP contribution in [0, 0.1) is 10.1 Å². The molecule has 1 aliphatic rings. The molecule has 168 valence electrons. The highest BCUT2D eigenvalue weighted by molar-refractivity contribution is 7.98. The van der Waals surface area contributed by atoms with E-state index in [2.05, 4.69) is 20.3 Å². The number of rotatable bonds is 7. The van der Waals surface area contributed by atoms with Gasteiger partial charge in [-0.05, 0) is 37.7 Å². The van der Waals surface area contributed by atoms with Crippen LogP contribution < -0.4 is 10.2 Å². The van der Waals surface area contributed by atoms with E-state index in [0.717, 1.165) is 37.1 Å². The molecule has 1 N–H and O–H groups in total. The topological polar surface area (TPSA) is 119 Å². The lowest BCUT2D eigenvalue weighted by Gasteiger charge is -2.28. The lowest BCUT2D eigenvalue weighted by molar-refractivity contribution is -0.385. The van der Waals surface area contributed by atoms with Gasteiger partial charge in [-0.2, -0.15) is 5.10 Å². The first-order chi connectivity index (χ1) is 15.5. The first-order valence-corrected chi connectivity index (χ1v) is 11.8. The Morgan fingerprint density at radius 3 is 2.78 bits per heavy atom. The number of nitro groups is 1. The number of hydrogen-bond donors (Lipinski definition) is 1. The zero-order valence-corrected chi connectivity index (χ0v) is 19.0. The molecular weight excluding hydrogens is 454 g/mol. The molecule has 0 unspecified atom stereocenters. The van der Waals surface area contributed by atoms with Gasteiger partial charge >= 0.3 is 0 Å². The van der Waals surface area contributed by atoms with Crippen molar-refractivity contribution in [3.05, 3.63) is 45.1 Å². The van der Waals surface area contributed by atoms with Gasteiger partial charge in [0.2, 0.25) is 0 Å². The molecule has 1 saturated heterocycles. The Hall–Kier alpha value is -2.92. The Labute approximate surface area is 193 Å². The molecule has 0 aliphatic carbocycles. The first-order valence-electron chi connectivity index (χ1n) is 10.2. The standard InChI is InChI=1S/C20H22ClN7O3S/c1-32-20-24-17(26-8-3-2-4-9-26)15-12-23-27(18(15)25-20)10-7-22-19(29)14-11-13(21)5-6-16(14)28(30)31/h5-6,11-12H,2-4,7-10H2,1H3,(H,22,29).